The van der Waals surface area contributed by atoms with Gasteiger partial charge in [-0.3, -0.25) is 4.79 Å². The van der Waals surface area contributed by atoms with E-state index in [1.165, 1.54) is 0 Å². The molecule has 0 aliphatic heterocycles. The second-order valence-corrected chi connectivity index (χ2v) is 6.12. The third-order valence-electron chi connectivity index (χ3n) is 3.91. The van der Waals surface area contributed by atoms with Gasteiger partial charge in [0.15, 0.2) is 0 Å². The van der Waals surface area contributed by atoms with E-state index in [0.717, 1.165) is 12.5 Å². The summed E-state index contributed by atoms with van der Waals surface area (Å²) in [6.07, 6.45) is 2.61. The van der Waals surface area contributed by atoms with Crippen molar-refractivity contribution in [3.05, 3.63) is 12.7 Å². The van der Waals surface area contributed by atoms with Crippen LogP contribution >= 0.6 is 0 Å². The molecule has 0 bridgehead atoms. The summed E-state index contributed by atoms with van der Waals surface area (Å²) in [5, 5.41) is 0. The zero-order valence-electron chi connectivity index (χ0n) is 16.0. The number of primary amides is 1. The highest BCUT2D eigenvalue weighted by Crippen LogP contribution is 2.23. The lowest BCUT2D eigenvalue weighted by Crippen LogP contribution is -2.34. The van der Waals surface area contributed by atoms with Crippen LogP contribution in [0.5, 0.6) is 0 Å². The Balaban J connectivity index is 4.49. The van der Waals surface area contributed by atoms with E-state index in [1.54, 1.807) is 6.92 Å². The van der Waals surface area contributed by atoms with Crippen LogP contribution in [0.3, 0.4) is 0 Å². The predicted molar refractivity (Wildman–Crippen MR) is 95.3 cm³/mol. The molecule has 0 aliphatic rings. The minimum Gasteiger partial charge on any atom is -0.466 e. The molecule has 2 unspecified atom stereocenters. The fourth-order valence-electron chi connectivity index (χ4n) is 2.01. The van der Waals surface area contributed by atoms with Crippen LogP contribution in [-0.4, -0.2) is 50.1 Å². The van der Waals surface area contributed by atoms with Gasteiger partial charge in [0.2, 0.25) is 0 Å². The summed E-state index contributed by atoms with van der Waals surface area (Å²) >= 11 is 0. The Morgan fingerprint density at radius 2 is 1.77 bits per heavy atom. The van der Waals surface area contributed by atoms with Crippen LogP contribution in [0, 0.1) is 5.92 Å². The molecular weight excluding hydrogens is 342 g/mol. The van der Waals surface area contributed by atoms with Gasteiger partial charge in [-0.1, -0.05) is 20.4 Å². The average Bonchev–Trinajstić information content (AvgIpc) is 2.63. The van der Waals surface area contributed by atoms with E-state index in [4.69, 9.17) is 24.7 Å². The molecule has 0 radical (unpaired) electrons. The molecule has 0 aromatic heterocycles. The summed E-state index contributed by atoms with van der Waals surface area (Å²) < 4.78 is 20.8. The second kappa shape index (κ2) is 13.2. The van der Waals surface area contributed by atoms with Crippen LogP contribution in [0.1, 0.15) is 46.5 Å². The van der Waals surface area contributed by atoms with Crippen molar-refractivity contribution >= 4 is 18.0 Å². The van der Waals surface area contributed by atoms with Crippen molar-refractivity contribution < 1.29 is 33.3 Å². The van der Waals surface area contributed by atoms with Gasteiger partial charge in [-0.05, 0) is 26.2 Å². The van der Waals surface area contributed by atoms with E-state index in [-0.39, 0.29) is 31.7 Å². The molecule has 1 amide bonds. The summed E-state index contributed by atoms with van der Waals surface area (Å²) in [7, 11) is 0. The highest BCUT2D eigenvalue weighted by molar-refractivity contribution is 5.81. The molecule has 0 heterocycles. The van der Waals surface area contributed by atoms with Crippen molar-refractivity contribution in [1.82, 2.24) is 0 Å². The number of hydrogen-bond acceptors (Lipinski definition) is 7. The summed E-state index contributed by atoms with van der Waals surface area (Å²) in [6, 6.07) is 0. The molecule has 0 saturated carbocycles. The smallest absolute Gasteiger partial charge is 0.404 e. The predicted octanol–water partition coefficient (Wildman–Crippen LogP) is 2.35. The summed E-state index contributed by atoms with van der Waals surface area (Å²) in [6.45, 7) is 9.58. The van der Waals surface area contributed by atoms with Crippen molar-refractivity contribution in [2.75, 3.05) is 26.4 Å². The third kappa shape index (κ3) is 11.5. The Labute approximate surface area is 155 Å². The third-order valence-corrected chi connectivity index (χ3v) is 3.91. The van der Waals surface area contributed by atoms with Crippen LogP contribution in [0.4, 0.5) is 4.79 Å². The van der Waals surface area contributed by atoms with Crippen molar-refractivity contribution in [3.63, 3.8) is 0 Å². The maximum Gasteiger partial charge on any atom is 0.404 e. The number of ether oxygens (including phenoxy) is 4. The number of carbonyl (C=O) groups excluding carboxylic acids is 3. The Kier molecular flexibility index (Phi) is 12.1. The van der Waals surface area contributed by atoms with E-state index < -0.39 is 17.7 Å². The van der Waals surface area contributed by atoms with Gasteiger partial charge in [0, 0.05) is 12.5 Å². The number of carbonyl (C=O) groups is 3. The first-order valence-corrected chi connectivity index (χ1v) is 8.77. The Bertz CT molecular complexity index is 466. The first-order valence-electron chi connectivity index (χ1n) is 8.77. The topological polar surface area (TPSA) is 114 Å². The normalized spacial score (nSPS) is 14.0. The molecule has 2 N–H and O–H groups in total. The molecule has 26 heavy (non-hydrogen) atoms. The van der Waals surface area contributed by atoms with Gasteiger partial charge in [-0.2, -0.15) is 0 Å². The molecule has 0 aromatic rings. The molecule has 0 rings (SSSR count). The Morgan fingerprint density at radius 1 is 1.12 bits per heavy atom. The van der Waals surface area contributed by atoms with Gasteiger partial charge >= 0.3 is 18.0 Å². The first-order chi connectivity index (χ1) is 12.3. The zero-order valence-corrected chi connectivity index (χ0v) is 16.0. The summed E-state index contributed by atoms with van der Waals surface area (Å²) in [4.78, 5) is 33.2. The lowest BCUT2D eigenvalue weighted by atomic mass is 9.96. The molecule has 150 valence electrons. The molecule has 0 fully saturated rings. The quantitative estimate of drug-likeness (QED) is 0.215. The molecule has 8 heteroatoms. The van der Waals surface area contributed by atoms with Crippen LogP contribution in [-0.2, 0) is 28.5 Å². The maximum absolute atomic E-state index is 11.2. The minimum absolute atomic E-state index is 0.0199. The van der Waals surface area contributed by atoms with Crippen LogP contribution in [0.2, 0.25) is 0 Å². The SMILES string of the molecule is C=CC(=O)OCC(COC(N)=O)COC(C)(CC)CCCOC(=O)CC. The molecule has 2 atom stereocenters. The highest BCUT2D eigenvalue weighted by Gasteiger charge is 2.25. The van der Waals surface area contributed by atoms with Crippen molar-refractivity contribution in [2.45, 2.75) is 52.1 Å². The number of rotatable bonds is 14. The molecule has 0 spiro atoms. The van der Waals surface area contributed by atoms with Gasteiger partial charge in [-0.25, -0.2) is 9.59 Å². The highest BCUT2D eigenvalue weighted by atomic mass is 16.6. The lowest BCUT2D eigenvalue weighted by Gasteiger charge is -2.30. The molecular formula is C18H31NO7. The van der Waals surface area contributed by atoms with Crippen molar-refractivity contribution in [3.8, 4) is 0 Å². The maximum atomic E-state index is 11.2. The van der Waals surface area contributed by atoms with E-state index in [9.17, 15) is 14.4 Å². The van der Waals surface area contributed by atoms with Crippen molar-refractivity contribution in [1.29, 1.82) is 0 Å². The fraction of sp³-hybridized carbons (Fsp3) is 0.722. The van der Waals surface area contributed by atoms with E-state index in [2.05, 4.69) is 6.58 Å². The monoisotopic (exact) mass is 373 g/mol. The van der Waals surface area contributed by atoms with E-state index in [1.807, 2.05) is 13.8 Å². The molecule has 0 aliphatic carbocycles. The van der Waals surface area contributed by atoms with Gasteiger partial charge < -0.3 is 24.7 Å². The van der Waals surface area contributed by atoms with Crippen LogP contribution in [0.25, 0.3) is 0 Å². The Morgan fingerprint density at radius 3 is 2.31 bits per heavy atom. The van der Waals surface area contributed by atoms with Gasteiger partial charge in [0.1, 0.15) is 6.61 Å². The van der Waals surface area contributed by atoms with Crippen LogP contribution < -0.4 is 5.73 Å². The Hall–Kier alpha value is -2.09. The first kappa shape index (κ1) is 23.9. The fourth-order valence-corrected chi connectivity index (χ4v) is 2.01. The number of amides is 1. The van der Waals surface area contributed by atoms with E-state index >= 15 is 0 Å². The molecule has 0 saturated heterocycles. The zero-order chi connectivity index (χ0) is 20.0. The summed E-state index contributed by atoms with van der Waals surface area (Å²) in [5.74, 6) is -1.14. The van der Waals surface area contributed by atoms with Gasteiger partial charge in [-0.15, -0.1) is 0 Å². The lowest BCUT2D eigenvalue weighted by molar-refractivity contribution is -0.145. The minimum atomic E-state index is -0.902. The molecule has 8 nitrogen and oxygen atoms in total. The standard InChI is InChI=1S/C18H31NO7/c1-5-15(20)23-10-8-9-18(4,7-3)26-13-14(12-25-17(19)22)11-24-16(21)6-2/h6,14H,2,5,7-13H2,1,3-4H3,(H2,19,22). The number of hydrogen-bond donors (Lipinski definition) is 1. The second-order valence-electron chi connectivity index (χ2n) is 6.12. The number of esters is 2. The summed E-state index contributed by atoms with van der Waals surface area (Å²) in [5.41, 5.74) is 4.54. The van der Waals surface area contributed by atoms with Gasteiger partial charge in [0.25, 0.3) is 0 Å². The molecule has 0 aromatic carbocycles. The number of nitrogens with two attached hydrogens (primary N) is 1. The van der Waals surface area contributed by atoms with Gasteiger partial charge in [0.05, 0.1) is 31.3 Å². The van der Waals surface area contributed by atoms with E-state index in [0.29, 0.717) is 25.9 Å². The van der Waals surface area contributed by atoms with Crippen molar-refractivity contribution in [2.24, 2.45) is 11.7 Å². The average molecular weight is 373 g/mol. The van der Waals surface area contributed by atoms with Crippen LogP contribution in [0.15, 0.2) is 12.7 Å². The largest absolute Gasteiger partial charge is 0.466 e.